The lowest BCUT2D eigenvalue weighted by Crippen LogP contribution is -2.36. The molecule has 1 aromatic carbocycles. The maximum atomic E-state index is 12.2. The minimum absolute atomic E-state index is 0.0279. The Balaban J connectivity index is 1.94. The lowest BCUT2D eigenvalue weighted by molar-refractivity contribution is -0.120. The van der Waals surface area contributed by atoms with Gasteiger partial charge >= 0.3 is 6.03 Å². The quantitative estimate of drug-likeness (QED) is 0.0571. The van der Waals surface area contributed by atoms with Gasteiger partial charge in [-0.25, -0.2) is 4.79 Å². The second kappa shape index (κ2) is 28.2. The fourth-order valence-electron chi connectivity index (χ4n) is 3.13. The van der Waals surface area contributed by atoms with Crippen molar-refractivity contribution in [2.75, 3.05) is 84.9 Å². The molecule has 0 aromatic heterocycles. The number of likely N-dealkylation sites (N-methyl/N-ethyl adjacent to an activating group) is 1. The van der Waals surface area contributed by atoms with Crippen LogP contribution in [0, 0.1) is 11.8 Å². The summed E-state index contributed by atoms with van der Waals surface area (Å²) in [5.74, 6) is 6.33. The molecule has 0 saturated heterocycles. The van der Waals surface area contributed by atoms with Crippen LogP contribution in [0.15, 0.2) is 29.2 Å². The zero-order valence-corrected chi connectivity index (χ0v) is 26.2. The Bertz CT molecular complexity index is 852. The van der Waals surface area contributed by atoms with Crippen molar-refractivity contribution in [3.05, 3.63) is 29.8 Å². The Morgan fingerprint density at radius 2 is 1.46 bits per heavy atom. The first-order valence-corrected chi connectivity index (χ1v) is 16.6. The molecule has 0 saturated carbocycles. The molecule has 0 bridgehead atoms. The van der Waals surface area contributed by atoms with Gasteiger partial charge in [-0.1, -0.05) is 53.5 Å². The van der Waals surface area contributed by atoms with Gasteiger partial charge in [-0.05, 0) is 37.1 Å². The number of carbonyl (C=O) groups excluding carboxylic acids is 2. The largest absolute Gasteiger partial charge is 0.378 e. The van der Waals surface area contributed by atoms with Crippen molar-refractivity contribution in [1.29, 1.82) is 0 Å². The summed E-state index contributed by atoms with van der Waals surface area (Å²) in [7, 11) is 3.27. The van der Waals surface area contributed by atoms with Crippen LogP contribution < -0.4 is 21.3 Å². The molecular formula is C29H48N4O6S2. The molecule has 41 heavy (non-hydrogen) atoms. The third-order valence-corrected chi connectivity index (χ3v) is 7.27. The zero-order valence-electron chi connectivity index (χ0n) is 24.6. The number of carbonyl (C=O) groups is 2. The van der Waals surface area contributed by atoms with Gasteiger partial charge in [0, 0.05) is 37.6 Å². The molecule has 0 aliphatic carbocycles. The SMILES string of the molecule is CCC#CCNC(=O)NCCCCOCSSc1ccc(CC(=O)NCCOCCOCCOCCNCC)cc1. The highest BCUT2D eigenvalue weighted by Crippen LogP contribution is 2.31. The van der Waals surface area contributed by atoms with Crippen LogP contribution in [0.1, 0.15) is 38.7 Å². The van der Waals surface area contributed by atoms with Gasteiger partial charge in [0.15, 0.2) is 0 Å². The smallest absolute Gasteiger partial charge is 0.315 e. The van der Waals surface area contributed by atoms with E-state index in [-0.39, 0.29) is 11.9 Å². The van der Waals surface area contributed by atoms with E-state index in [0.717, 1.165) is 42.8 Å². The van der Waals surface area contributed by atoms with Gasteiger partial charge in [0.1, 0.15) is 5.94 Å². The number of unbranched alkanes of at least 4 members (excludes halogenated alkanes) is 1. The molecule has 0 unspecified atom stereocenters. The summed E-state index contributed by atoms with van der Waals surface area (Å²) >= 11 is 0. The number of hydrogen-bond acceptors (Lipinski definition) is 9. The molecule has 4 N–H and O–H groups in total. The van der Waals surface area contributed by atoms with Gasteiger partial charge in [0.25, 0.3) is 0 Å². The summed E-state index contributed by atoms with van der Waals surface area (Å²) in [5.41, 5.74) is 0.964. The van der Waals surface area contributed by atoms with E-state index in [1.165, 1.54) is 0 Å². The molecule has 232 valence electrons. The lowest BCUT2D eigenvalue weighted by atomic mass is 10.1. The van der Waals surface area contributed by atoms with Crippen molar-refractivity contribution in [3.63, 3.8) is 0 Å². The van der Waals surface area contributed by atoms with Crippen LogP contribution in [0.25, 0.3) is 0 Å². The summed E-state index contributed by atoms with van der Waals surface area (Å²) in [6.07, 6.45) is 2.86. The molecule has 3 amide bonds. The second-order valence-corrected chi connectivity index (χ2v) is 10.9. The Morgan fingerprint density at radius 3 is 2.17 bits per heavy atom. The van der Waals surface area contributed by atoms with E-state index >= 15 is 0 Å². The van der Waals surface area contributed by atoms with Gasteiger partial charge in [-0.15, -0.1) is 5.92 Å². The van der Waals surface area contributed by atoms with Crippen molar-refractivity contribution < 1.29 is 28.5 Å². The summed E-state index contributed by atoms with van der Waals surface area (Å²) < 4.78 is 22.0. The molecule has 0 heterocycles. The maximum Gasteiger partial charge on any atom is 0.315 e. The first-order chi connectivity index (χ1) is 20.2. The molecule has 10 nitrogen and oxygen atoms in total. The van der Waals surface area contributed by atoms with Crippen LogP contribution in [0.5, 0.6) is 0 Å². The zero-order chi connectivity index (χ0) is 29.6. The molecule has 0 spiro atoms. The fourth-order valence-corrected chi connectivity index (χ4v) is 4.83. The van der Waals surface area contributed by atoms with Crippen LogP contribution in [-0.2, 0) is 30.2 Å². The monoisotopic (exact) mass is 612 g/mol. The Kier molecular flexibility index (Phi) is 25.4. The van der Waals surface area contributed by atoms with Crippen LogP contribution in [-0.4, -0.2) is 96.8 Å². The summed E-state index contributed by atoms with van der Waals surface area (Å²) in [4.78, 5) is 24.8. The lowest BCUT2D eigenvalue weighted by Gasteiger charge is -2.08. The molecule has 0 fully saturated rings. The van der Waals surface area contributed by atoms with Gasteiger partial charge < -0.3 is 40.2 Å². The summed E-state index contributed by atoms with van der Waals surface area (Å²) in [6.45, 7) is 11.2. The predicted molar refractivity (Wildman–Crippen MR) is 167 cm³/mol. The van der Waals surface area contributed by atoms with E-state index in [0.29, 0.717) is 78.2 Å². The molecule has 0 aliphatic rings. The average Bonchev–Trinajstić information content (AvgIpc) is 2.97. The molecule has 0 aliphatic heterocycles. The van der Waals surface area contributed by atoms with Crippen LogP contribution in [0.3, 0.4) is 0 Å². The Hall–Kier alpha value is -1.98. The number of ether oxygens (including phenoxy) is 4. The van der Waals surface area contributed by atoms with E-state index in [1.54, 1.807) is 21.6 Å². The fraction of sp³-hybridized carbons (Fsp3) is 0.655. The van der Waals surface area contributed by atoms with Crippen molar-refractivity contribution in [2.24, 2.45) is 0 Å². The van der Waals surface area contributed by atoms with Gasteiger partial charge in [0.05, 0.1) is 52.6 Å². The highest BCUT2D eigenvalue weighted by atomic mass is 33.1. The standard InChI is InChI=1S/C29H48N4O6S2/c1-3-5-6-13-32-29(35)33-14-7-8-17-39-25-40-41-27-11-9-26(10-12-27)24-28(34)31-16-19-37-21-23-38-22-20-36-18-15-30-4-2/h9-12,30H,3-4,7-8,13-25H2,1-2H3,(H,31,34)(H2,32,33,35). The molecule has 0 atom stereocenters. The van der Waals surface area contributed by atoms with Crippen molar-refractivity contribution in [2.45, 2.75) is 44.4 Å². The van der Waals surface area contributed by atoms with Crippen molar-refractivity contribution in [3.8, 4) is 11.8 Å². The highest BCUT2D eigenvalue weighted by molar-refractivity contribution is 8.76. The van der Waals surface area contributed by atoms with E-state index < -0.39 is 0 Å². The van der Waals surface area contributed by atoms with Crippen LogP contribution in [0.2, 0.25) is 0 Å². The van der Waals surface area contributed by atoms with E-state index in [2.05, 4.69) is 40.0 Å². The molecule has 12 heteroatoms. The molecule has 1 rings (SSSR count). The Morgan fingerprint density at radius 1 is 0.756 bits per heavy atom. The van der Waals surface area contributed by atoms with E-state index in [1.807, 2.05) is 31.2 Å². The number of urea groups is 1. The molecule has 0 radical (unpaired) electrons. The maximum absolute atomic E-state index is 12.2. The number of hydrogen-bond donors (Lipinski definition) is 4. The third-order valence-electron chi connectivity index (χ3n) is 5.20. The van der Waals surface area contributed by atoms with Gasteiger partial charge in [-0.3, -0.25) is 4.79 Å². The number of amides is 3. The van der Waals surface area contributed by atoms with E-state index in [4.69, 9.17) is 18.9 Å². The second-order valence-electron chi connectivity index (χ2n) is 8.61. The van der Waals surface area contributed by atoms with Crippen LogP contribution in [0.4, 0.5) is 4.79 Å². The normalized spacial score (nSPS) is 10.6. The van der Waals surface area contributed by atoms with Crippen molar-refractivity contribution in [1.82, 2.24) is 21.3 Å². The first-order valence-electron chi connectivity index (χ1n) is 14.3. The average molecular weight is 613 g/mol. The van der Waals surface area contributed by atoms with Gasteiger partial charge in [0.2, 0.25) is 5.91 Å². The highest BCUT2D eigenvalue weighted by Gasteiger charge is 2.04. The number of rotatable bonds is 25. The van der Waals surface area contributed by atoms with Crippen molar-refractivity contribution >= 4 is 33.5 Å². The minimum atomic E-state index is -0.189. The Labute approximate surface area is 253 Å². The summed E-state index contributed by atoms with van der Waals surface area (Å²) in [5, 5.41) is 11.6. The number of nitrogens with one attached hydrogen (secondary N) is 4. The third kappa shape index (κ3) is 24.3. The van der Waals surface area contributed by atoms with Gasteiger partial charge in [-0.2, -0.15) is 0 Å². The first kappa shape index (κ1) is 37.0. The predicted octanol–water partition coefficient (Wildman–Crippen LogP) is 3.21. The topological polar surface area (TPSA) is 119 Å². The van der Waals surface area contributed by atoms with E-state index in [9.17, 15) is 9.59 Å². The van der Waals surface area contributed by atoms with Crippen LogP contribution >= 0.6 is 21.6 Å². The molecular weight excluding hydrogens is 564 g/mol. The molecule has 1 aromatic rings. The minimum Gasteiger partial charge on any atom is -0.378 e. The summed E-state index contributed by atoms with van der Waals surface area (Å²) in [6, 6.07) is 7.79. The number of benzene rings is 1.